The Kier molecular flexibility index (Phi) is 5.74. The van der Waals surface area contributed by atoms with Crippen molar-refractivity contribution in [3.63, 3.8) is 0 Å². The normalized spacial score (nSPS) is 15.6. The van der Waals surface area contributed by atoms with Crippen molar-refractivity contribution in [2.45, 2.75) is 65.1 Å². The number of ether oxygens (including phenoxy) is 1. The van der Waals surface area contributed by atoms with Gasteiger partial charge in [-0.05, 0) is 49.9 Å². The van der Waals surface area contributed by atoms with Gasteiger partial charge in [0.05, 0.1) is 0 Å². The Labute approximate surface area is 149 Å². The molecule has 1 N–H and O–H groups in total. The van der Waals surface area contributed by atoms with Crippen LogP contribution >= 0.6 is 0 Å². The molecule has 2 aromatic rings. The van der Waals surface area contributed by atoms with Gasteiger partial charge in [0.1, 0.15) is 11.4 Å². The van der Waals surface area contributed by atoms with Gasteiger partial charge >= 0.3 is 0 Å². The lowest BCUT2D eigenvalue weighted by molar-refractivity contribution is 0.0926. The van der Waals surface area contributed by atoms with Crippen molar-refractivity contribution in [3.05, 3.63) is 47.3 Å². The molecule has 0 bridgehead atoms. The molecule has 1 fully saturated rings. The first-order valence-corrected chi connectivity index (χ1v) is 9.16. The molecule has 5 nitrogen and oxygen atoms in total. The second kappa shape index (κ2) is 8.19. The topological polar surface area (TPSA) is 56.1 Å². The van der Waals surface area contributed by atoms with Crippen LogP contribution in [0.3, 0.4) is 0 Å². The Morgan fingerprint density at radius 1 is 1.20 bits per heavy atom. The molecule has 0 unspecified atom stereocenters. The molecule has 0 radical (unpaired) electrons. The molecular weight excluding hydrogens is 314 g/mol. The molecule has 1 heterocycles. The van der Waals surface area contributed by atoms with Gasteiger partial charge in [-0.25, -0.2) is 4.68 Å². The van der Waals surface area contributed by atoms with E-state index >= 15 is 0 Å². The highest BCUT2D eigenvalue weighted by atomic mass is 16.5. The maximum absolute atomic E-state index is 12.4. The molecule has 134 valence electrons. The number of nitrogens with zero attached hydrogens (tertiary/aromatic N) is 2. The second-order valence-electron chi connectivity index (χ2n) is 6.94. The smallest absolute Gasteiger partial charge is 0.271 e. The van der Waals surface area contributed by atoms with Gasteiger partial charge in [-0.1, -0.05) is 37.8 Å². The number of rotatable bonds is 5. The first-order chi connectivity index (χ1) is 12.1. The monoisotopic (exact) mass is 341 g/mol. The SMILES string of the molecule is Cc1ccc(C)c(OCn2ccc(C(=O)NC3CCCCCC3)n2)c1. The first kappa shape index (κ1) is 17.5. The highest BCUT2D eigenvalue weighted by Crippen LogP contribution is 2.20. The highest BCUT2D eigenvalue weighted by Gasteiger charge is 2.17. The minimum absolute atomic E-state index is 0.0858. The maximum atomic E-state index is 12.4. The molecule has 1 aromatic heterocycles. The van der Waals surface area contributed by atoms with Crippen molar-refractivity contribution in [2.75, 3.05) is 0 Å². The summed E-state index contributed by atoms with van der Waals surface area (Å²) in [5, 5.41) is 7.47. The highest BCUT2D eigenvalue weighted by molar-refractivity contribution is 5.92. The predicted octanol–water partition coefficient (Wildman–Crippen LogP) is 3.99. The van der Waals surface area contributed by atoms with Gasteiger partial charge in [0.15, 0.2) is 6.73 Å². The Bertz CT molecular complexity index is 715. The van der Waals surface area contributed by atoms with Crippen LogP contribution in [-0.4, -0.2) is 21.7 Å². The molecule has 0 atom stereocenters. The van der Waals surface area contributed by atoms with Gasteiger partial charge in [0.2, 0.25) is 0 Å². The molecule has 1 amide bonds. The fourth-order valence-corrected chi connectivity index (χ4v) is 3.24. The maximum Gasteiger partial charge on any atom is 0.271 e. The zero-order valence-corrected chi connectivity index (χ0v) is 15.1. The number of carbonyl (C=O) groups is 1. The minimum atomic E-state index is -0.0858. The van der Waals surface area contributed by atoms with Gasteiger partial charge < -0.3 is 10.1 Å². The summed E-state index contributed by atoms with van der Waals surface area (Å²) in [7, 11) is 0. The number of hydrogen-bond acceptors (Lipinski definition) is 3. The Hall–Kier alpha value is -2.30. The largest absolute Gasteiger partial charge is 0.471 e. The van der Waals surface area contributed by atoms with Crippen LogP contribution in [0.25, 0.3) is 0 Å². The Morgan fingerprint density at radius 2 is 1.96 bits per heavy atom. The molecule has 25 heavy (non-hydrogen) atoms. The van der Waals surface area contributed by atoms with Crippen LogP contribution in [0.5, 0.6) is 5.75 Å². The summed E-state index contributed by atoms with van der Waals surface area (Å²) in [6.45, 7) is 4.35. The van der Waals surface area contributed by atoms with E-state index in [0.29, 0.717) is 12.4 Å². The van der Waals surface area contributed by atoms with Crippen LogP contribution in [0.2, 0.25) is 0 Å². The van der Waals surface area contributed by atoms with E-state index in [1.54, 1.807) is 16.9 Å². The number of aryl methyl sites for hydroxylation is 2. The predicted molar refractivity (Wildman–Crippen MR) is 97.7 cm³/mol. The lowest BCUT2D eigenvalue weighted by Crippen LogP contribution is -2.34. The van der Waals surface area contributed by atoms with E-state index < -0.39 is 0 Å². The lowest BCUT2D eigenvalue weighted by Gasteiger charge is -2.15. The van der Waals surface area contributed by atoms with E-state index in [-0.39, 0.29) is 11.9 Å². The summed E-state index contributed by atoms with van der Waals surface area (Å²) in [4.78, 5) is 12.4. The van der Waals surface area contributed by atoms with E-state index in [9.17, 15) is 4.79 Å². The van der Waals surface area contributed by atoms with Crippen molar-refractivity contribution < 1.29 is 9.53 Å². The molecule has 0 saturated heterocycles. The fraction of sp³-hybridized carbons (Fsp3) is 0.500. The van der Waals surface area contributed by atoms with Crippen molar-refractivity contribution in [1.29, 1.82) is 0 Å². The first-order valence-electron chi connectivity index (χ1n) is 9.16. The summed E-state index contributed by atoms with van der Waals surface area (Å²) in [5.41, 5.74) is 2.70. The van der Waals surface area contributed by atoms with Crippen LogP contribution in [-0.2, 0) is 6.73 Å². The minimum Gasteiger partial charge on any atom is -0.471 e. The zero-order chi connectivity index (χ0) is 17.6. The van der Waals surface area contributed by atoms with Crippen LogP contribution in [0.1, 0.15) is 60.1 Å². The van der Waals surface area contributed by atoms with Gasteiger partial charge in [0.25, 0.3) is 5.91 Å². The summed E-state index contributed by atoms with van der Waals surface area (Å²) >= 11 is 0. The summed E-state index contributed by atoms with van der Waals surface area (Å²) in [5.74, 6) is 0.761. The van der Waals surface area contributed by atoms with Crippen molar-refractivity contribution in [1.82, 2.24) is 15.1 Å². The fourth-order valence-electron chi connectivity index (χ4n) is 3.24. The number of carbonyl (C=O) groups excluding carboxylic acids is 1. The standard InChI is InChI=1S/C20H27N3O2/c1-15-9-10-16(2)19(13-15)25-14-23-12-11-18(22-23)20(24)21-17-7-5-3-4-6-8-17/h9-13,17H,3-8,14H2,1-2H3,(H,21,24). The third-order valence-electron chi connectivity index (χ3n) is 4.76. The molecule has 1 aliphatic carbocycles. The summed E-state index contributed by atoms with van der Waals surface area (Å²) < 4.78 is 7.49. The second-order valence-corrected chi connectivity index (χ2v) is 6.94. The summed E-state index contributed by atoms with van der Waals surface area (Å²) in [6, 6.07) is 8.15. The molecule has 0 spiro atoms. The Morgan fingerprint density at radius 3 is 2.72 bits per heavy atom. The van der Waals surface area contributed by atoms with E-state index in [4.69, 9.17) is 4.74 Å². The third kappa shape index (κ3) is 4.84. The van der Waals surface area contributed by atoms with Crippen molar-refractivity contribution in [2.24, 2.45) is 0 Å². The molecule has 3 rings (SSSR count). The van der Waals surface area contributed by atoms with Crippen LogP contribution < -0.4 is 10.1 Å². The van der Waals surface area contributed by atoms with Crippen molar-refractivity contribution in [3.8, 4) is 5.75 Å². The van der Waals surface area contributed by atoms with Crippen LogP contribution in [0, 0.1) is 13.8 Å². The molecule has 1 saturated carbocycles. The van der Waals surface area contributed by atoms with Gasteiger partial charge in [-0.3, -0.25) is 4.79 Å². The molecule has 1 aromatic carbocycles. The number of nitrogens with one attached hydrogen (secondary N) is 1. The molecular formula is C20H27N3O2. The average molecular weight is 341 g/mol. The molecule has 5 heteroatoms. The van der Waals surface area contributed by atoms with Gasteiger partial charge in [-0.2, -0.15) is 5.10 Å². The third-order valence-corrected chi connectivity index (χ3v) is 4.76. The zero-order valence-electron chi connectivity index (χ0n) is 15.1. The average Bonchev–Trinajstić information content (AvgIpc) is 2.93. The van der Waals surface area contributed by atoms with Gasteiger partial charge in [0, 0.05) is 12.2 Å². The number of aromatic nitrogens is 2. The van der Waals surface area contributed by atoms with Crippen LogP contribution in [0.4, 0.5) is 0 Å². The summed E-state index contributed by atoms with van der Waals surface area (Å²) in [6.07, 6.45) is 8.87. The van der Waals surface area contributed by atoms with Crippen LogP contribution in [0.15, 0.2) is 30.5 Å². The molecule has 0 aliphatic heterocycles. The van der Waals surface area contributed by atoms with E-state index in [2.05, 4.69) is 16.5 Å². The lowest BCUT2D eigenvalue weighted by atomic mass is 10.1. The Balaban J connectivity index is 1.56. The van der Waals surface area contributed by atoms with E-state index in [0.717, 1.165) is 29.7 Å². The van der Waals surface area contributed by atoms with Gasteiger partial charge in [-0.15, -0.1) is 0 Å². The number of benzene rings is 1. The van der Waals surface area contributed by atoms with E-state index in [1.165, 1.54) is 25.7 Å². The number of hydrogen-bond donors (Lipinski definition) is 1. The quantitative estimate of drug-likeness (QED) is 0.837. The van der Waals surface area contributed by atoms with Crippen molar-refractivity contribution >= 4 is 5.91 Å². The number of amides is 1. The van der Waals surface area contributed by atoms with E-state index in [1.807, 2.05) is 26.0 Å². The molecule has 1 aliphatic rings.